The number of piperidine rings is 1. The van der Waals surface area contributed by atoms with Gasteiger partial charge >= 0.3 is 5.97 Å². The van der Waals surface area contributed by atoms with Crippen molar-refractivity contribution < 1.29 is 66.5 Å². The summed E-state index contributed by atoms with van der Waals surface area (Å²) in [7, 11) is 8.55. The zero-order valence-corrected chi connectivity index (χ0v) is 17.6. The molecule has 0 aromatic rings. The van der Waals surface area contributed by atoms with E-state index in [-0.39, 0.29) is 53.9 Å². The molecule has 1 saturated heterocycles. The Balaban J connectivity index is 0. The number of nitrogens with zero attached hydrogens (tertiary/aromatic N) is 2. The van der Waals surface area contributed by atoms with Crippen molar-refractivity contribution in [1.82, 2.24) is 0 Å². The van der Waals surface area contributed by atoms with E-state index in [0.29, 0.717) is 13.0 Å². The molecule has 0 saturated carbocycles. The molecule has 0 aliphatic carbocycles. The van der Waals surface area contributed by atoms with Gasteiger partial charge in [-0.1, -0.05) is 0 Å². The van der Waals surface area contributed by atoms with Gasteiger partial charge in [0.15, 0.2) is 0 Å². The van der Waals surface area contributed by atoms with Crippen molar-refractivity contribution in [2.45, 2.75) is 25.7 Å². The van der Waals surface area contributed by atoms with Crippen LogP contribution >= 0.6 is 0 Å². The normalized spacial score (nSPS) is 17.6. The first-order valence-corrected chi connectivity index (χ1v) is 7.10. The van der Waals surface area contributed by atoms with Crippen molar-refractivity contribution in [2.24, 2.45) is 0 Å². The zero-order chi connectivity index (χ0) is 13.6. The van der Waals surface area contributed by atoms with Gasteiger partial charge in [-0.05, 0) is 19.3 Å². The van der Waals surface area contributed by atoms with Crippen molar-refractivity contribution in [3.05, 3.63) is 0 Å². The summed E-state index contributed by atoms with van der Waals surface area (Å²) in [5, 5.41) is 0. The molecule has 0 aromatic carbocycles. The molecule has 0 aromatic heterocycles. The minimum Gasteiger partial charge on any atom is -1.00 e. The van der Waals surface area contributed by atoms with Crippen molar-refractivity contribution in [3.63, 3.8) is 0 Å². The van der Waals surface area contributed by atoms with Crippen LogP contribution in [0.15, 0.2) is 0 Å². The number of halogens is 2. The summed E-state index contributed by atoms with van der Waals surface area (Å²) in [6.07, 6.45) is 4.50. The summed E-state index contributed by atoms with van der Waals surface area (Å²) in [4.78, 5) is 11.6. The number of esters is 1. The highest BCUT2D eigenvalue weighted by atomic mass is 127. The Morgan fingerprint density at radius 1 is 1.10 bits per heavy atom. The highest BCUT2D eigenvalue weighted by Gasteiger charge is 2.24. The topological polar surface area (TPSA) is 26.3 Å². The third kappa shape index (κ3) is 10.6. The SMILES string of the molecule is C[N+](C)(C)CCC(=O)OCC[N+]1(C)CCCCC1.[I-].[I-]. The van der Waals surface area contributed by atoms with E-state index in [4.69, 9.17) is 4.74 Å². The van der Waals surface area contributed by atoms with Crippen LogP contribution in [-0.2, 0) is 9.53 Å². The number of quaternary nitrogens is 2. The Kier molecular flexibility index (Phi) is 12.2. The van der Waals surface area contributed by atoms with E-state index in [1.54, 1.807) is 0 Å². The summed E-state index contributed by atoms with van der Waals surface area (Å²) < 4.78 is 7.22. The van der Waals surface area contributed by atoms with Gasteiger partial charge in [-0.2, -0.15) is 0 Å². The summed E-state index contributed by atoms with van der Waals surface area (Å²) >= 11 is 0. The average molecular weight is 512 g/mol. The van der Waals surface area contributed by atoms with Gasteiger partial charge in [-0.15, -0.1) is 0 Å². The Bertz CT molecular complexity index is 275. The molecule has 1 aliphatic heterocycles. The fourth-order valence-electron chi connectivity index (χ4n) is 2.38. The maximum Gasteiger partial charge on any atom is 0.311 e. The Labute approximate surface area is 158 Å². The van der Waals surface area contributed by atoms with Crippen LogP contribution in [0.3, 0.4) is 0 Å². The second kappa shape index (κ2) is 10.6. The standard InChI is InChI=1S/C14H30N2O2.2HI/c1-15(2,3)11-8-14(17)18-13-12-16(4)9-6-5-7-10-16;;/h5-13H2,1-4H3;2*1H/q+2;;/p-2. The molecule has 0 atom stereocenters. The van der Waals surface area contributed by atoms with E-state index < -0.39 is 0 Å². The van der Waals surface area contributed by atoms with Crippen LogP contribution in [0.4, 0.5) is 0 Å². The molecule has 0 unspecified atom stereocenters. The smallest absolute Gasteiger partial charge is 0.311 e. The lowest BCUT2D eigenvalue weighted by molar-refractivity contribution is -0.914. The van der Waals surface area contributed by atoms with Crippen LogP contribution < -0.4 is 48.0 Å². The summed E-state index contributed by atoms with van der Waals surface area (Å²) in [5.41, 5.74) is 0. The van der Waals surface area contributed by atoms with E-state index in [1.807, 2.05) is 0 Å². The molecule has 20 heavy (non-hydrogen) atoms. The number of likely N-dealkylation sites (N-methyl/N-ethyl adjacent to an activating group) is 1. The second-order valence-electron chi connectivity index (χ2n) is 6.84. The van der Waals surface area contributed by atoms with E-state index in [2.05, 4.69) is 28.2 Å². The summed E-state index contributed by atoms with van der Waals surface area (Å²) in [6.45, 7) is 4.85. The predicted octanol–water partition coefficient (Wildman–Crippen LogP) is -4.74. The fourth-order valence-corrected chi connectivity index (χ4v) is 2.38. The van der Waals surface area contributed by atoms with Gasteiger partial charge < -0.3 is 61.7 Å². The van der Waals surface area contributed by atoms with Crippen molar-refractivity contribution in [2.75, 3.05) is 61.0 Å². The lowest BCUT2D eigenvalue weighted by atomic mass is 10.1. The van der Waals surface area contributed by atoms with E-state index in [1.165, 1.54) is 32.4 Å². The number of hydrogen-bond acceptors (Lipinski definition) is 2. The first kappa shape index (κ1) is 23.1. The van der Waals surface area contributed by atoms with Crippen molar-refractivity contribution >= 4 is 5.97 Å². The first-order valence-electron chi connectivity index (χ1n) is 7.10. The van der Waals surface area contributed by atoms with Crippen LogP contribution in [0.2, 0.25) is 0 Å². The number of likely N-dealkylation sites (tertiary alicyclic amines) is 1. The van der Waals surface area contributed by atoms with Gasteiger partial charge in [0.05, 0.1) is 54.2 Å². The van der Waals surface area contributed by atoms with Gasteiger partial charge in [0.25, 0.3) is 0 Å². The molecule has 0 bridgehead atoms. The maximum atomic E-state index is 11.6. The number of hydrogen-bond donors (Lipinski definition) is 0. The quantitative estimate of drug-likeness (QED) is 0.203. The molecule has 0 radical (unpaired) electrons. The van der Waals surface area contributed by atoms with Crippen LogP contribution in [0.25, 0.3) is 0 Å². The van der Waals surface area contributed by atoms with E-state index in [0.717, 1.165) is 22.1 Å². The highest BCUT2D eigenvalue weighted by Crippen LogP contribution is 2.15. The van der Waals surface area contributed by atoms with Crippen LogP contribution in [-0.4, -0.2) is 75.9 Å². The van der Waals surface area contributed by atoms with Crippen molar-refractivity contribution in [1.29, 1.82) is 0 Å². The van der Waals surface area contributed by atoms with Gasteiger partial charge in [-0.25, -0.2) is 0 Å². The molecule has 0 spiro atoms. The molecule has 4 nitrogen and oxygen atoms in total. The third-order valence-corrected chi connectivity index (χ3v) is 3.78. The fraction of sp³-hybridized carbons (Fsp3) is 0.929. The van der Waals surface area contributed by atoms with Gasteiger partial charge in [0.1, 0.15) is 13.2 Å². The Hall–Kier alpha value is 0.850. The Morgan fingerprint density at radius 2 is 1.65 bits per heavy atom. The molecule has 1 rings (SSSR count). The number of rotatable bonds is 6. The molecule has 6 heteroatoms. The monoisotopic (exact) mass is 512 g/mol. The molecular formula is C14H30I2N2O2. The van der Waals surface area contributed by atoms with Crippen molar-refractivity contribution in [3.8, 4) is 0 Å². The van der Waals surface area contributed by atoms with Crippen LogP contribution in [0, 0.1) is 0 Å². The maximum absolute atomic E-state index is 11.6. The molecule has 0 amide bonds. The predicted molar refractivity (Wildman–Crippen MR) is 73.1 cm³/mol. The van der Waals surface area contributed by atoms with Crippen LogP contribution in [0.5, 0.6) is 0 Å². The first-order chi connectivity index (χ1) is 8.31. The minimum absolute atomic E-state index is 0. The lowest BCUT2D eigenvalue weighted by Crippen LogP contribution is -3.00. The molecule has 1 aliphatic rings. The Morgan fingerprint density at radius 3 is 2.15 bits per heavy atom. The zero-order valence-electron chi connectivity index (χ0n) is 13.3. The van der Waals surface area contributed by atoms with Gasteiger partial charge in [0, 0.05) is 0 Å². The van der Waals surface area contributed by atoms with E-state index in [9.17, 15) is 4.79 Å². The van der Waals surface area contributed by atoms with Gasteiger partial charge in [0.2, 0.25) is 0 Å². The second-order valence-corrected chi connectivity index (χ2v) is 6.84. The van der Waals surface area contributed by atoms with Gasteiger partial charge in [-0.3, -0.25) is 4.79 Å². The number of carbonyl (C=O) groups is 1. The average Bonchev–Trinajstić information content (AvgIpc) is 2.26. The molecule has 122 valence electrons. The van der Waals surface area contributed by atoms with E-state index >= 15 is 0 Å². The number of ether oxygens (including phenoxy) is 1. The third-order valence-electron chi connectivity index (χ3n) is 3.78. The number of carbonyl (C=O) groups excluding carboxylic acids is 1. The molecule has 1 fully saturated rings. The molecular weight excluding hydrogens is 482 g/mol. The molecule has 0 N–H and O–H groups in total. The summed E-state index contributed by atoms with van der Waals surface area (Å²) in [6, 6.07) is 0. The largest absolute Gasteiger partial charge is 1.00 e. The molecule has 1 heterocycles. The van der Waals surface area contributed by atoms with Crippen LogP contribution in [0.1, 0.15) is 25.7 Å². The summed E-state index contributed by atoms with van der Waals surface area (Å²) in [5.74, 6) is -0.0494. The minimum atomic E-state index is -0.0494. The highest BCUT2D eigenvalue weighted by molar-refractivity contribution is 5.69. The lowest BCUT2D eigenvalue weighted by Gasteiger charge is -2.37.